The van der Waals surface area contributed by atoms with Gasteiger partial charge >= 0.3 is 0 Å². The molecule has 0 radical (unpaired) electrons. The number of nitrogens with zero attached hydrogens (tertiary/aromatic N) is 2. The van der Waals surface area contributed by atoms with Crippen molar-refractivity contribution in [3.05, 3.63) is 38.8 Å². The van der Waals surface area contributed by atoms with E-state index < -0.39 is 0 Å². The maximum Gasteiger partial charge on any atom is 0.141 e. The fraction of sp³-hybridized carbons (Fsp3) is 0.333. The number of ketones is 1. The van der Waals surface area contributed by atoms with Crippen LogP contribution in [-0.2, 0) is 24.7 Å². The van der Waals surface area contributed by atoms with E-state index in [4.69, 9.17) is 11.6 Å². The van der Waals surface area contributed by atoms with Gasteiger partial charge in [-0.15, -0.1) is 0 Å². The highest BCUT2D eigenvalue weighted by atomic mass is 35.5. The monoisotopic (exact) mass is 268 g/mol. The largest absolute Gasteiger partial charge is 0.299 e. The Morgan fingerprint density at radius 2 is 2.29 bits per heavy atom. The second-order valence-electron chi connectivity index (χ2n) is 4.00. The minimum atomic E-state index is 0.168. The summed E-state index contributed by atoms with van der Waals surface area (Å²) >= 11 is 7.69. The van der Waals surface area contributed by atoms with Gasteiger partial charge in [0.15, 0.2) is 0 Å². The van der Waals surface area contributed by atoms with Crippen molar-refractivity contribution in [3.63, 3.8) is 0 Å². The lowest BCUT2D eigenvalue weighted by Crippen LogP contribution is -2.06. The van der Waals surface area contributed by atoms with Gasteiger partial charge in [0, 0.05) is 25.5 Å². The Morgan fingerprint density at radius 3 is 2.82 bits per heavy atom. The first-order chi connectivity index (χ1) is 8.08. The molecule has 0 aliphatic rings. The van der Waals surface area contributed by atoms with Gasteiger partial charge in [-0.2, -0.15) is 16.4 Å². The van der Waals surface area contributed by atoms with Gasteiger partial charge in [-0.1, -0.05) is 11.6 Å². The highest BCUT2D eigenvalue weighted by molar-refractivity contribution is 7.08. The number of thiophene rings is 1. The second kappa shape index (κ2) is 5.02. The van der Waals surface area contributed by atoms with Gasteiger partial charge in [-0.3, -0.25) is 9.48 Å². The van der Waals surface area contributed by atoms with Gasteiger partial charge in [0.2, 0.25) is 0 Å². The van der Waals surface area contributed by atoms with Crippen LogP contribution in [0.5, 0.6) is 0 Å². The lowest BCUT2D eigenvalue weighted by atomic mass is 10.1. The van der Waals surface area contributed by atoms with Crippen molar-refractivity contribution in [1.29, 1.82) is 0 Å². The molecule has 0 aliphatic carbocycles. The van der Waals surface area contributed by atoms with Crippen molar-refractivity contribution in [2.24, 2.45) is 7.05 Å². The van der Waals surface area contributed by atoms with Crippen LogP contribution in [0.3, 0.4) is 0 Å². The molecular weight excluding hydrogens is 256 g/mol. The molecule has 2 aromatic rings. The van der Waals surface area contributed by atoms with Crippen LogP contribution in [-0.4, -0.2) is 15.6 Å². The number of aromatic nitrogens is 2. The summed E-state index contributed by atoms with van der Waals surface area (Å²) in [5.74, 6) is 0.168. The number of carbonyl (C=O) groups excluding carboxylic acids is 1. The van der Waals surface area contributed by atoms with Crippen LogP contribution in [0.1, 0.15) is 16.8 Å². The molecule has 0 aromatic carbocycles. The summed E-state index contributed by atoms with van der Waals surface area (Å²) in [7, 11) is 1.78. The number of halogens is 1. The number of rotatable bonds is 4. The van der Waals surface area contributed by atoms with Crippen LogP contribution in [0.4, 0.5) is 0 Å². The van der Waals surface area contributed by atoms with Crippen molar-refractivity contribution in [2.45, 2.75) is 19.8 Å². The van der Waals surface area contributed by atoms with Crippen LogP contribution in [0.15, 0.2) is 16.8 Å². The molecule has 2 rings (SSSR count). The summed E-state index contributed by atoms with van der Waals surface area (Å²) in [6, 6.07) is 1.97. The molecule has 5 heteroatoms. The Morgan fingerprint density at radius 1 is 1.53 bits per heavy atom. The first kappa shape index (κ1) is 12.3. The van der Waals surface area contributed by atoms with E-state index in [1.54, 1.807) is 23.1 Å². The van der Waals surface area contributed by atoms with E-state index >= 15 is 0 Å². The molecule has 0 saturated carbocycles. The molecule has 0 N–H and O–H groups in total. The molecule has 17 heavy (non-hydrogen) atoms. The normalized spacial score (nSPS) is 10.8. The fourth-order valence-corrected chi connectivity index (χ4v) is 2.67. The first-order valence-electron chi connectivity index (χ1n) is 5.28. The smallest absolute Gasteiger partial charge is 0.141 e. The van der Waals surface area contributed by atoms with Gasteiger partial charge in [0.05, 0.1) is 5.69 Å². The molecule has 3 nitrogen and oxygen atoms in total. The van der Waals surface area contributed by atoms with Gasteiger partial charge in [0.25, 0.3) is 0 Å². The molecule has 0 atom stereocenters. The summed E-state index contributed by atoms with van der Waals surface area (Å²) in [5.41, 5.74) is 2.74. The zero-order valence-corrected chi connectivity index (χ0v) is 11.3. The fourth-order valence-electron chi connectivity index (χ4n) is 1.76. The van der Waals surface area contributed by atoms with E-state index in [2.05, 4.69) is 5.10 Å². The Kier molecular flexibility index (Phi) is 3.64. The topological polar surface area (TPSA) is 34.9 Å². The van der Waals surface area contributed by atoms with E-state index in [0.717, 1.165) is 16.8 Å². The summed E-state index contributed by atoms with van der Waals surface area (Å²) < 4.78 is 1.60. The molecular formula is C12H13ClN2OS. The molecule has 0 unspecified atom stereocenters. The summed E-state index contributed by atoms with van der Waals surface area (Å²) in [5, 5.41) is 8.72. The maximum atomic E-state index is 11.9. The Balaban J connectivity index is 2.08. The van der Waals surface area contributed by atoms with Crippen LogP contribution in [0.25, 0.3) is 0 Å². The minimum Gasteiger partial charge on any atom is -0.299 e. The Hall–Kier alpha value is -1.13. The maximum absolute atomic E-state index is 11.9. The average molecular weight is 269 g/mol. The van der Waals surface area contributed by atoms with Crippen LogP contribution >= 0.6 is 22.9 Å². The highest BCUT2D eigenvalue weighted by Crippen LogP contribution is 2.20. The number of Topliss-reactive ketones (excluding diaryl/α,β-unsaturated/α-hetero) is 1. The minimum absolute atomic E-state index is 0.168. The lowest BCUT2D eigenvalue weighted by molar-refractivity contribution is -0.117. The molecule has 0 fully saturated rings. The van der Waals surface area contributed by atoms with E-state index in [1.807, 2.05) is 23.8 Å². The predicted octanol–water partition coefficient (Wildman–Crippen LogP) is 2.80. The van der Waals surface area contributed by atoms with Crippen LogP contribution < -0.4 is 0 Å². The lowest BCUT2D eigenvalue weighted by Gasteiger charge is -1.99. The van der Waals surface area contributed by atoms with Gasteiger partial charge in [0.1, 0.15) is 10.9 Å². The van der Waals surface area contributed by atoms with E-state index in [1.165, 1.54) is 0 Å². The summed E-state index contributed by atoms with van der Waals surface area (Å²) in [6.07, 6.45) is 0.822. The quantitative estimate of drug-likeness (QED) is 0.855. The molecule has 0 spiro atoms. The molecule has 0 aliphatic heterocycles. The summed E-state index contributed by atoms with van der Waals surface area (Å²) in [6.45, 7) is 1.87. The summed E-state index contributed by atoms with van der Waals surface area (Å²) in [4.78, 5) is 11.9. The van der Waals surface area contributed by atoms with Gasteiger partial charge in [-0.25, -0.2) is 0 Å². The number of hydrogen-bond donors (Lipinski definition) is 0. The second-order valence-corrected chi connectivity index (χ2v) is 5.14. The highest BCUT2D eigenvalue weighted by Gasteiger charge is 2.15. The van der Waals surface area contributed by atoms with E-state index in [9.17, 15) is 4.79 Å². The van der Waals surface area contributed by atoms with Crippen molar-refractivity contribution in [2.75, 3.05) is 0 Å². The molecule has 90 valence electrons. The number of hydrogen-bond acceptors (Lipinski definition) is 3. The average Bonchev–Trinajstić information content (AvgIpc) is 2.83. The predicted molar refractivity (Wildman–Crippen MR) is 69.7 cm³/mol. The van der Waals surface area contributed by atoms with Crippen molar-refractivity contribution < 1.29 is 4.79 Å². The molecule has 0 saturated heterocycles. The Labute approximate surface area is 109 Å². The third kappa shape index (κ3) is 2.76. The number of aryl methyl sites for hydroxylation is 2. The third-order valence-electron chi connectivity index (χ3n) is 2.63. The van der Waals surface area contributed by atoms with E-state index in [-0.39, 0.29) is 5.78 Å². The first-order valence-corrected chi connectivity index (χ1v) is 6.60. The number of carbonyl (C=O) groups is 1. The zero-order valence-electron chi connectivity index (χ0n) is 9.74. The Bertz CT molecular complexity index is 531. The van der Waals surface area contributed by atoms with Crippen molar-refractivity contribution in [3.8, 4) is 0 Å². The van der Waals surface area contributed by atoms with E-state index in [0.29, 0.717) is 18.0 Å². The molecule has 0 amide bonds. The zero-order chi connectivity index (χ0) is 12.4. The third-order valence-corrected chi connectivity index (χ3v) is 3.83. The van der Waals surface area contributed by atoms with Crippen LogP contribution in [0, 0.1) is 6.92 Å². The van der Waals surface area contributed by atoms with Crippen LogP contribution in [0.2, 0.25) is 5.15 Å². The molecule has 2 aromatic heterocycles. The molecule has 2 heterocycles. The van der Waals surface area contributed by atoms with Crippen molar-refractivity contribution in [1.82, 2.24) is 9.78 Å². The van der Waals surface area contributed by atoms with Gasteiger partial charge in [-0.05, 0) is 29.3 Å². The standard InChI is InChI=1S/C12H13ClN2OS/c1-8-11(12(13)15(2)14-8)6-10(16)5-9-3-4-17-7-9/h3-4,7H,5-6H2,1-2H3. The SMILES string of the molecule is Cc1nn(C)c(Cl)c1CC(=O)Cc1ccsc1. The van der Waals surface area contributed by atoms with Gasteiger partial charge < -0.3 is 0 Å². The molecule has 0 bridgehead atoms. The van der Waals surface area contributed by atoms with Crippen molar-refractivity contribution >= 4 is 28.7 Å².